The number of anilines is 1. The highest BCUT2D eigenvalue weighted by molar-refractivity contribution is 5.90. The molecule has 1 aromatic heterocycles. The predicted octanol–water partition coefficient (Wildman–Crippen LogP) is 5.04. The zero-order valence-corrected chi connectivity index (χ0v) is 16.9. The molecule has 146 valence electrons. The van der Waals surface area contributed by atoms with E-state index in [0.29, 0.717) is 22.9 Å². The van der Waals surface area contributed by atoms with Crippen LogP contribution in [0.4, 0.5) is 10.2 Å². The van der Waals surface area contributed by atoms with Gasteiger partial charge in [0.15, 0.2) is 5.82 Å². The molecule has 28 heavy (non-hydrogen) atoms. The van der Waals surface area contributed by atoms with Crippen LogP contribution in [-0.2, 0) is 0 Å². The SMILES string of the molecule is CC(C)c1ccc(C=Cc2nc(NCCN(C)C)c3cc(F)ccc3n2)cc1. The van der Waals surface area contributed by atoms with Crippen LogP contribution in [0.1, 0.15) is 36.7 Å². The molecule has 2 aromatic carbocycles. The third-order valence-electron chi connectivity index (χ3n) is 4.55. The Morgan fingerprint density at radius 3 is 2.46 bits per heavy atom. The van der Waals surface area contributed by atoms with Gasteiger partial charge in [0.25, 0.3) is 0 Å². The molecular weight excluding hydrogens is 351 g/mol. The van der Waals surface area contributed by atoms with Gasteiger partial charge in [-0.2, -0.15) is 0 Å². The van der Waals surface area contributed by atoms with Crippen molar-refractivity contribution in [3.05, 3.63) is 65.2 Å². The van der Waals surface area contributed by atoms with E-state index in [1.54, 1.807) is 6.07 Å². The van der Waals surface area contributed by atoms with Gasteiger partial charge in [0.05, 0.1) is 5.52 Å². The number of likely N-dealkylation sites (N-methyl/N-ethyl adjacent to an activating group) is 1. The number of fused-ring (bicyclic) bond motifs is 1. The van der Waals surface area contributed by atoms with Crippen molar-refractivity contribution in [1.82, 2.24) is 14.9 Å². The Hall–Kier alpha value is -2.79. The molecule has 3 rings (SSSR count). The minimum Gasteiger partial charge on any atom is -0.368 e. The molecule has 0 aliphatic carbocycles. The molecule has 0 fully saturated rings. The number of rotatable bonds is 7. The largest absolute Gasteiger partial charge is 0.368 e. The molecule has 0 saturated carbocycles. The second-order valence-electron chi connectivity index (χ2n) is 7.48. The summed E-state index contributed by atoms with van der Waals surface area (Å²) in [6, 6.07) is 13.1. The lowest BCUT2D eigenvalue weighted by Crippen LogP contribution is -2.21. The summed E-state index contributed by atoms with van der Waals surface area (Å²) in [6.07, 6.45) is 3.89. The minimum absolute atomic E-state index is 0.291. The zero-order chi connectivity index (χ0) is 20.1. The highest BCUT2D eigenvalue weighted by atomic mass is 19.1. The van der Waals surface area contributed by atoms with Gasteiger partial charge in [0, 0.05) is 18.5 Å². The molecule has 0 bridgehead atoms. The molecule has 0 saturated heterocycles. The number of halogens is 1. The first kappa shape index (κ1) is 20.0. The summed E-state index contributed by atoms with van der Waals surface area (Å²) in [6.45, 7) is 5.94. The summed E-state index contributed by atoms with van der Waals surface area (Å²) in [4.78, 5) is 11.3. The van der Waals surface area contributed by atoms with Crippen molar-refractivity contribution in [2.75, 3.05) is 32.5 Å². The van der Waals surface area contributed by atoms with Crippen LogP contribution in [-0.4, -0.2) is 42.1 Å². The van der Waals surface area contributed by atoms with Crippen LogP contribution in [0.25, 0.3) is 23.1 Å². The molecule has 0 amide bonds. The lowest BCUT2D eigenvalue weighted by Gasteiger charge is -2.13. The summed E-state index contributed by atoms with van der Waals surface area (Å²) in [5.74, 6) is 1.47. The number of hydrogen-bond donors (Lipinski definition) is 1. The van der Waals surface area contributed by atoms with Crippen molar-refractivity contribution in [3.8, 4) is 0 Å². The molecule has 0 aliphatic heterocycles. The predicted molar refractivity (Wildman–Crippen MR) is 116 cm³/mol. The van der Waals surface area contributed by atoms with Crippen LogP contribution in [0.2, 0.25) is 0 Å². The fourth-order valence-electron chi connectivity index (χ4n) is 2.89. The van der Waals surface area contributed by atoms with E-state index in [2.05, 4.69) is 58.3 Å². The van der Waals surface area contributed by atoms with Crippen molar-refractivity contribution < 1.29 is 4.39 Å². The first-order valence-electron chi connectivity index (χ1n) is 9.56. The van der Waals surface area contributed by atoms with Gasteiger partial charge >= 0.3 is 0 Å². The molecule has 0 radical (unpaired) electrons. The van der Waals surface area contributed by atoms with Crippen LogP contribution in [0.5, 0.6) is 0 Å². The highest BCUT2D eigenvalue weighted by Crippen LogP contribution is 2.22. The molecule has 3 aromatic rings. The lowest BCUT2D eigenvalue weighted by molar-refractivity contribution is 0.425. The van der Waals surface area contributed by atoms with E-state index < -0.39 is 0 Å². The van der Waals surface area contributed by atoms with E-state index in [1.807, 2.05) is 26.2 Å². The fourth-order valence-corrected chi connectivity index (χ4v) is 2.89. The van der Waals surface area contributed by atoms with E-state index in [1.165, 1.54) is 17.7 Å². The van der Waals surface area contributed by atoms with Crippen LogP contribution < -0.4 is 5.32 Å². The number of benzene rings is 2. The Morgan fingerprint density at radius 1 is 1.04 bits per heavy atom. The second kappa shape index (κ2) is 8.93. The molecule has 0 aliphatic rings. The van der Waals surface area contributed by atoms with Gasteiger partial charge in [0.1, 0.15) is 11.6 Å². The van der Waals surface area contributed by atoms with Crippen molar-refractivity contribution in [2.24, 2.45) is 0 Å². The highest BCUT2D eigenvalue weighted by Gasteiger charge is 2.08. The Kier molecular flexibility index (Phi) is 6.37. The molecular formula is C23H27FN4. The Balaban J connectivity index is 1.88. The van der Waals surface area contributed by atoms with Gasteiger partial charge in [-0.05, 0) is 55.4 Å². The molecule has 0 spiro atoms. The van der Waals surface area contributed by atoms with E-state index >= 15 is 0 Å². The third kappa shape index (κ3) is 5.14. The third-order valence-corrected chi connectivity index (χ3v) is 4.55. The molecule has 1 heterocycles. The average molecular weight is 378 g/mol. The number of aromatic nitrogens is 2. The summed E-state index contributed by atoms with van der Waals surface area (Å²) < 4.78 is 13.7. The molecule has 4 nitrogen and oxygen atoms in total. The Labute approximate surface area is 166 Å². The standard InChI is InChI=1S/C23H27FN4/c1-16(2)18-8-5-17(6-9-18)7-12-22-26-21-11-10-19(24)15-20(21)23(27-22)25-13-14-28(3)4/h5-12,15-16H,13-14H2,1-4H3,(H,25,26,27). The smallest absolute Gasteiger partial charge is 0.154 e. The van der Waals surface area contributed by atoms with Crippen LogP contribution >= 0.6 is 0 Å². The maximum absolute atomic E-state index is 13.7. The quantitative estimate of drug-likeness (QED) is 0.626. The fraction of sp³-hybridized carbons (Fsp3) is 0.304. The normalized spacial score (nSPS) is 11.8. The van der Waals surface area contributed by atoms with Crippen LogP contribution in [0.15, 0.2) is 42.5 Å². The van der Waals surface area contributed by atoms with Crippen molar-refractivity contribution in [3.63, 3.8) is 0 Å². The Morgan fingerprint density at radius 2 is 1.79 bits per heavy atom. The number of nitrogens with one attached hydrogen (secondary N) is 1. The van der Waals surface area contributed by atoms with Gasteiger partial charge in [-0.15, -0.1) is 0 Å². The van der Waals surface area contributed by atoms with E-state index in [0.717, 1.165) is 24.2 Å². The summed E-state index contributed by atoms with van der Waals surface area (Å²) in [5, 5.41) is 4.00. The number of hydrogen-bond acceptors (Lipinski definition) is 4. The average Bonchev–Trinajstić information content (AvgIpc) is 2.66. The summed E-state index contributed by atoms with van der Waals surface area (Å²) in [7, 11) is 4.02. The van der Waals surface area contributed by atoms with E-state index in [4.69, 9.17) is 0 Å². The Bertz CT molecular complexity index is 962. The van der Waals surface area contributed by atoms with Crippen molar-refractivity contribution in [2.45, 2.75) is 19.8 Å². The summed E-state index contributed by atoms with van der Waals surface area (Å²) in [5.41, 5.74) is 3.13. The van der Waals surface area contributed by atoms with Gasteiger partial charge in [-0.3, -0.25) is 0 Å². The first-order chi connectivity index (χ1) is 13.4. The van der Waals surface area contributed by atoms with Gasteiger partial charge in [-0.1, -0.05) is 44.2 Å². The molecule has 5 heteroatoms. The maximum atomic E-state index is 13.7. The monoisotopic (exact) mass is 378 g/mol. The van der Waals surface area contributed by atoms with Crippen LogP contribution in [0, 0.1) is 5.82 Å². The summed E-state index contributed by atoms with van der Waals surface area (Å²) >= 11 is 0. The molecule has 0 unspecified atom stereocenters. The first-order valence-corrected chi connectivity index (χ1v) is 9.56. The van der Waals surface area contributed by atoms with Crippen molar-refractivity contribution in [1.29, 1.82) is 0 Å². The van der Waals surface area contributed by atoms with Gasteiger partial charge in [-0.25, -0.2) is 14.4 Å². The van der Waals surface area contributed by atoms with Crippen molar-refractivity contribution >= 4 is 28.9 Å². The minimum atomic E-state index is -0.291. The molecule has 0 atom stereocenters. The molecule has 1 N–H and O–H groups in total. The zero-order valence-electron chi connectivity index (χ0n) is 16.9. The van der Waals surface area contributed by atoms with Gasteiger partial charge in [0.2, 0.25) is 0 Å². The topological polar surface area (TPSA) is 41.1 Å². The van der Waals surface area contributed by atoms with Gasteiger partial charge < -0.3 is 10.2 Å². The maximum Gasteiger partial charge on any atom is 0.154 e. The number of nitrogens with zero attached hydrogens (tertiary/aromatic N) is 3. The lowest BCUT2D eigenvalue weighted by atomic mass is 10.0. The van der Waals surface area contributed by atoms with E-state index in [-0.39, 0.29) is 5.82 Å². The van der Waals surface area contributed by atoms with Crippen LogP contribution in [0.3, 0.4) is 0 Å². The van der Waals surface area contributed by atoms with E-state index in [9.17, 15) is 4.39 Å². The second-order valence-corrected chi connectivity index (χ2v) is 7.48.